The maximum Gasteiger partial charge on any atom is 0.120 e. The summed E-state index contributed by atoms with van der Waals surface area (Å²) in [5.41, 5.74) is 0.0656. The van der Waals surface area contributed by atoms with Gasteiger partial charge in [0.25, 0.3) is 0 Å². The van der Waals surface area contributed by atoms with E-state index in [1.807, 2.05) is 38.2 Å². The molecule has 0 unspecified atom stereocenters. The maximum absolute atomic E-state index is 6.18. The van der Waals surface area contributed by atoms with Crippen molar-refractivity contribution in [3.8, 4) is 11.5 Å². The number of benzene rings is 1. The van der Waals surface area contributed by atoms with Gasteiger partial charge in [-0.3, -0.25) is 0 Å². The first-order valence-corrected chi connectivity index (χ1v) is 6.84. The highest BCUT2D eigenvalue weighted by Gasteiger charge is 2.38. The van der Waals surface area contributed by atoms with E-state index in [0.29, 0.717) is 6.61 Å². The van der Waals surface area contributed by atoms with E-state index in [1.54, 1.807) is 0 Å². The van der Waals surface area contributed by atoms with Crippen molar-refractivity contribution in [1.82, 2.24) is 5.32 Å². The maximum atomic E-state index is 6.18. The van der Waals surface area contributed by atoms with E-state index < -0.39 is 0 Å². The molecule has 0 aliphatic heterocycles. The molecular formula is C15H23NO2. The molecule has 0 heterocycles. The SMILES string of the molecule is CCOc1ccc(OC2(CCNC)CCC2)cc1. The van der Waals surface area contributed by atoms with Crippen LogP contribution in [0, 0.1) is 0 Å². The molecule has 0 radical (unpaired) electrons. The molecule has 2 rings (SSSR count). The normalized spacial score (nSPS) is 17.0. The lowest BCUT2D eigenvalue weighted by atomic mass is 9.77. The van der Waals surface area contributed by atoms with Crippen molar-refractivity contribution in [2.24, 2.45) is 0 Å². The summed E-state index contributed by atoms with van der Waals surface area (Å²) in [4.78, 5) is 0. The summed E-state index contributed by atoms with van der Waals surface area (Å²) in [6.07, 6.45) is 4.70. The Morgan fingerprint density at radius 3 is 2.33 bits per heavy atom. The highest BCUT2D eigenvalue weighted by molar-refractivity contribution is 5.32. The fraction of sp³-hybridized carbons (Fsp3) is 0.600. The number of nitrogens with one attached hydrogen (secondary N) is 1. The van der Waals surface area contributed by atoms with Gasteiger partial charge in [-0.2, -0.15) is 0 Å². The van der Waals surface area contributed by atoms with Crippen molar-refractivity contribution in [1.29, 1.82) is 0 Å². The average molecular weight is 249 g/mol. The third kappa shape index (κ3) is 3.16. The van der Waals surface area contributed by atoms with Crippen molar-refractivity contribution in [3.05, 3.63) is 24.3 Å². The van der Waals surface area contributed by atoms with Crippen molar-refractivity contribution in [2.45, 2.75) is 38.2 Å². The van der Waals surface area contributed by atoms with E-state index in [2.05, 4.69) is 5.32 Å². The fourth-order valence-electron chi connectivity index (χ4n) is 2.35. The Kier molecular flexibility index (Phi) is 4.48. The summed E-state index contributed by atoms with van der Waals surface area (Å²) in [7, 11) is 1.99. The summed E-state index contributed by atoms with van der Waals surface area (Å²) < 4.78 is 11.6. The first-order valence-electron chi connectivity index (χ1n) is 6.84. The topological polar surface area (TPSA) is 30.5 Å². The highest BCUT2D eigenvalue weighted by Crippen LogP contribution is 2.39. The Labute approximate surface area is 109 Å². The van der Waals surface area contributed by atoms with E-state index >= 15 is 0 Å². The van der Waals surface area contributed by atoms with Crippen LogP contribution in [-0.4, -0.2) is 25.8 Å². The van der Waals surface area contributed by atoms with Gasteiger partial charge < -0.3 is 14.8 Å². The van der Waals surface area contributed by atoms with Gasteiger partial charge in [0.05, 0.1) is 6.61 Å². The Morgan fingerprint density at radius 1 is 1.17 bits per heavy atom. The summed E-state index contributed by atoms with van der Waals surface area (Å²) >= 11 is 0. The predicted octanol–water partition coefficient (Wildman–Crippen LogP) is 3.00. The zero-order valence-corrected chi connectivity index (χ0v) is 11.4. The van der Waals surface area contributed by atoms with Crippen LogP contribution in [0.1, 0.15) is 32.6 Å². The lowest BCUT2D eigenvalue weighted by molar-refractivity contribution is -0.0139. The molecule has 3 heteroatoms. The highest BCUT2D eigenvalue weighted by atomic mass is 16.5. The zero-order chi connectivity index (χ0) is 12.8. The van der Waals surface area contributed by atoms with Crippen LogP contribution in [0.5, 0.6) is 11.5 Å². The molecule has 0 aromatic heterocycles. The second-order valence-corrected chi connectivity index (χ2v) is 4.90. The van der Waals surface area contributed by atoms with Gasteiger partial charge in [-0.25, -0.2) is 0 Å². The molecule has 1 aliphatic rings. The van der Waals surface area contributed by atoms with Gasteiger partial charge in [0, 0.05) is 0 Å². The zero-order valence-electron chi connectivity index (χ0n) is 11.4. The lowest BCUT2D eigenvalue weighted by Crippen LogP contribution is -2.45. The van der Waals surface area contributed by atoms with Crippen LogP contribution in [0.25, 0.3) is 0 Å². The van der Waals surface area contributed by atoms with Crippen LogP contribution in [0.3, 0.4) is 0 Å². The van der Waals surface area contributed by atoms with Gasteiger partial charge in [-0.1, -0.05) is 0 Å². The second kappa shape index (κ2) is 6.10. The smallest absolute Gasteiger partial charge is 0.120 e. The van der Waals surface area contributed by atoms with Crippen molar-refractivity contribution >= 4 is 0 Å². The minimum absolute atomic E-state index is 0.0656. The minimum Gasteiger partial charge on any atom is -0.494 e. The van der Waals surface area contributed by atoms with Crippen LogP contribution in [0.4, 0.5) is 0 Å². The molecule has 0 bridgehead atoms. The Hall–Kier alpha value is -1.22. The van der Waals surface area contributed by atoms with Crippen molar-refractivity contribution < 1.29 is 9.47 Å². The quantitative estimate of drug-likeness (QED) is 0.806. The number of rotatable bonds is 7. The average Bonchev–Trinajstić information content (AvgIpc) is 2.35. The molecule has 0 amide bonds. The van der Waals surface area contributed by atoms with Crippen LogP contribution in [0.2, 0.25) is 0 Å². The van der Waals surface area contributed by atoms with E-state index in [0.717, 1.165) is 24.5 Å². The number of hydrogen-bond donors (Lipinski definition) is 1. The fourth-order valence-corrected chi connectivity index (χ4v) is 2.35. The van der Waals surface area contributed by atoms with E-state index in [4.69, 9.17) is 9.47 Å². The molecule has 1 aliphatic carbocycles. The van der Waals surface area contributed by atoms with Gasteiger partial charge in [-0.05, 0) is 70.5 Å². The molecule has 3 nitrogen and oxygen atoms in total. The van der Waals surface area contributed by atoms with E-state index in [9.17, 15) is 0 Å². The molecule has 0 atom stereocenters. The molecule has 0 spiro atoms. The van der Waals surface area contributed by atoms with Gasteiger partial charge in [-0.15, -0.1) is 0 Å². The third-order valence-corrected chi connectivity index (χ3v) is 3.56. The summed E-state index contributed by atoms with van der Waals surface area (Å²) in [6.45, 7) is 3.70. The Bertz CT molecular complexity index is 357. The number of ether oxygens (including phenoxy) is 2. The predicted molar refractivity (Wildman–Crippen MR) is 73.4 cm³/mol. The van der Waals surface area contributed by atoms with Crippen LogP contribution in [-0.2, 0) is 0 Å². The minimum atomic E-state index is 0.0656. The van der Waals surface area contributed by atoms with E-state index in [1.165, 1.54) is 19.3 Å². The summed E-state index contributed by atoms with van der Waals surface area (Å²) in [5, 5.41) is 3.20. The largest absolute Gasteiger partial charge is 0.494 e. The molecule has 1 N–H and O–H groups in total. The van der Waals surface area contributed by atoms with Crippen LogP contribution >= 0.6 is 0 Å². The molecule has 1 saturated carbocycles. The standard InChI is InChI=1S/C15H23NO2/c1-3-17-13-5-7-14(8-6-13)18-15(9-4-10-15)11-12-16-2/h5-8,16H,3-4,9-12H2,1-2H3. The summed E-state index contributed by atoms with van der Waals surface area (Å²) in [5.74, 6) is 1.86. The van der Waals surface area contributed by atoms with E-state index in [-0.39, 0.29) is 5.60 Å². The molecule has 1 aromatic carbocycles. The van der Waals surface area contributed by atoms with Gasteiger partial charge >= 0.3 is 0 Å². The molecule has 100 valence electrons. The van der Waals surface area contributed by atoms with Gasteiger partial charge in [0.1, 0.15) is 17.1 Å². The Balaban J connectivity index is 1.94. The molecular weight excluding hydrogens is 226 g/mol. The van der Waals surface area contributed by atoms with Crippen molar-refractivity contribution in [3.63, 3.8) is 0 Å². The van der Waals surface area contributed by atoms with Gasteiger partial charge in [0.2, 0.25) is 0 Å². The first kappa shape index (κ1) is 13.2. The molecule has 18 heavy (non-hydrogen) atoms. The van der Waals surface area contributed by atoms with Crippen LogP contribution in [0.15, 0.2) is 24.3 Å². The number of hydrogen-bond acceptors (Lipinski definition) is 3. The monoisotopic (exact) mass is 249 g/mol. The third-order valence-electron chi connectivity index (χ3n) is 3.56. The molecule has 0 saturated heterocycles. The van der Waals surface area contributed by atoms with Gasteiger partial charge in [0.15, 0.2) is 0 Å². The second-order valence-electron chi connectivity index (χ2n) is 4.90. The lowest BCUT2D eigenvalue weighted by Gasteiger charge is -2.42. The molecule has 1 fully saturated rings. The first-order chi connectivity index (χ1) is 8.78. The van der Waals surface area contributed by atoms with Crippen molar-refractivity contribution in [2.75, 3.05) is 20.2 Å². The summed E-state index contributed by atoms with van der Waals surface area (Å²) in [6, 6.07) is 7.96. The van der Waals surface area contributed by atoms with Crippen LogP contribution < -0.4 is 14.8 Å². The Morgan fingerprint density at radius 2 is 1.83 bits per heavy atom. The molecule has 1 aromatic rings.